The Morgan fingerprint density at radius 2 is 1.80 bits per heavy atom. The zero-order valence-corrected chi connectivity index (χ0v) is 23.7. The lowest BCUT2D eigenvalue weighted by atomic mass is 9.91. The van der Waals surface area contributed by atoms with E-state index >= 15 is 0 Å². The highest BCUT2D eigenvalue weighted by molar-refractivity contribution is 6.07. The summed E-state index contributed by atoms with van der Waals surface area (Å²) in [6, 6.07) is 1.65. The monoisotopic (exact) mass is 564 g/mol. The van der Waals surface area contributed by atoms with Gasteiger partial charge in [0.05, 0.1) is 11.6 Å². The smallest absolute Gasteiger partial charge is 0.267 e. The van der Waals surface area contributed by atoms with Crippen molar-refractivity contribution in [3.05, 3.63) is 41.6 Å². The summed E-state index contributed by atoms with van der Waals surface area (Å²) in [4.78, 5) is 49.8. The van der Waals surface area contributed by atoms with Gasteiger partial charge >= 0.3 is 0 Å². The Labute approximate surface area is 236 Å². The third-order valence-electron chi connectivity index (χ3n) is 9.07. The van der Waals surface area contributed by atoms with Crippen LogP contribution in [-0.4, -0.2) is 66.3 Å². The van der Waals surface area contributed by atoms with Crippen LogP contribution >= 0.6 is 0 Å². The zero-order chi connectivity index (χ0) is 29.3. The Bertz CT molecular complexity index is 1570. The number of benzene rings is 1. The van der Waals surface area contributed by atoms with Crippen LogP contribution in [0.1, 0.15) is 74.2 Å². The summed E-state index contributed by atoms with van der Waals surface area (Å²) in [6.45, 7) is 6.98. The summed E-state index contributed by atoms with van der Waals surface area (Å²) in [6.07, 6.45) is 5.70. The first kappa shape index (κ1) is 27.4. The number of alkyl halides is 2. The SMILES string of the molecule is CC(=O)c1nn(CC(=O)N2C3C[C@]3(C)C[C@H]2C(=O)N[C@H]2CCCCC2(F)F)c2c(C)cc(-c3cnc(C)nc3)cc12. The third kappa shape index (κ3) is 4.78. The van der Waals surface area contributed by atoms with E-state index in [2.05, 4.69) is 20.4 Å². The van der Waals surface area contributed by atoms with E-state index in [1.54, 1.807) is 24.2 Å². The molecule has 2 saturated carbocycles. The number of amides is 2. The van der Waals surface area contributed by atoms with Crippen molar-refractivity contribution >= 4 is 28.5 Å². The van der Waals surface area contributed by atoms with Crippen LogP contribution in [0.2, 0.25) is 0 Å². The fourth-order valence-corrected chi connectivity index (χ4v) is 6.72. The number of halogens is 2. The molecule has 1 N–H and O–H groups in total. The number of carbonyl (C=O) groups is 3. The fraction of sp³-hybridized carbons (Fsp3) is 0.533. The average molecular weight is 565 g/mol. The number of piperidine rings is 1. The van der Waals surface area contributed by atoms with Crippen LogP contribution in [0.5, 0.6) is 0 Å². The molecule has 3 aromatic rings. The minimum absolute atomic E-state index is 0.124. The Morgan fingerprint density at radius 3 is 2.49 bits per heavy atom. The number of aryl methyl sites for hydroxylation is 2. The summed E-state index contributed by atoms with van der Waals surface area (Å²) < 4.78 is 30.5. The topological polar surface area (TPSA) is 110 Å². The van der Waals surface area contributed by atoms with Crippen molar-refractivity contribution in [2.24, 2.45) is 5.41 Å². The van der Waals surface area contributed by atoms with Crippen LogP contribution in [0.25, 0.3) is 22.0 Å². The van der Waals surface area contributed by atoms with Crippen molar-refractivity contribution in [1.82, 2.24) is 30.0 Å². The first-order valence-electron chi connectivity index (χ1n) is 14.2. The lowest BCUT2D eigenvalue weighted by Gasteiger charge is -2.34. The maximum absolute atomic E-state index is 14.5. The van der Waals surface area contributed by atoms with Crippen molar-refractivity contribution in [1.29, 1.82) is 0 Å². The van der Waals surface area contributed by atoms with Gasteiger partial charge < -0.3 is 10.2 Å². The predicted octanol–water partition coefficient (Wildman–Crippen LogP) is 4.39. The second-order valence-electron chi connectivity index (χ2n) is 12.2. The maximum atomic E-state index is 14.5. The zero-order valence-electron chi connectivity index (χ0n) is 23.7. The molecule has 2 aliphatic carbocycles. The number of ketones is 1. The van der Waals surface area contributed by atoms with Crippen molar-refractivity contribution in [2.45, 2.75) is 96.8 Å². The highest BCUT2D eigenvalue weighted by Gasteiger charge is 2.64. The van der Waals surface area contributed by atoms with Crippen molar-refractivity contribution < 1.29 is 23.2 Å². The van der Waals surface area contributed by atoms with Gasteiger partial charge in [-0.2, -0.15) is 5.10 Å². The average Bonchev–Trinajstić information content (AvgIpc) is 3.26. The minimum atomic E-state index is -2.95. The molecule has 4 atom stereocenters. The molecule has 3 aliphatic rings. The first-order chi connectivity index (χ1) is 19.4. The lowest BCUT2D eigenvalue weighted by Crippen LogP contribution is -2.55. The van der Waals surface area contributed by atoms with E-state index in [0.29, 0.717) is 36.0 Å². The quantitative estimate of drug-likeness (QED) is 0.445. The minimum Gasteiger partial charge on any atom is -0.346 e. The van der Waals surface area contributed by atoms with Gasteiger partial charge in [0.1, 0.15) is 24.1 Å². The van der Waals surface area contributed by atoms with Gasteiger partial charge in [-0.05, 0) is 68.2 Å². The van der Waals surface area contributed by atoms with Crippen molar-refractivity contribution in [2.75, 3.05) is 0 Å². The number of hydrogen-bond acceptors (Lipinski definition) is 6. The van der Waals surface area contributed by atoms with E-state index in [1.807, 2.05) is 26.0 Å². The Kier molecular flexibility index (Phi) is 6.46. The van der Waals surface area contributed by atoms with Gasteiger partial charge in [0.15, 0.2) is 5.78 Å². The lowest BCUT2D eigenvalue weighted by molar-refractivity contribution is -0.142. The van der Waals surface area contributed by atoms with Gasteiger partial charge in [0.25, 0.3) is 5.92 Å². The second kappa shape index (κ2) is 9.66. The second-order valence-corrected chi connectivity index (χ2v) is 12.2. The summed E-state index contributed by atoms with van der Waals surface area (Å²) in [7, 11) is 0. The Hall–Kier alpha value is -3.76. The standard InChI is InChI=1S/C30H34F2N6O3/c1-16-9-19(20-13-33-18(3)34-14-20)10-21-26(17(2)39)36-37(27(16)21)15-25(40)38-22(11-29(4)12-24(29)38)28(41)35-23-7-5-6-8-30(23,31)32/h9-10,13-14,22-24H,5-8,11-12,15H2,1-4H3,(H,35,41)/t22-,23-,24?,29-/m0/s1. The number of aromatic nitrogens is 4. The first-order valence-corrected chi connectivity index (χ1v) is 14.2. The number of likely N-dealkylation sites (tertiary alicyclic amines) is 1. The highest BCUT2D eigenvalue weighted by atomic mass is 19.3. The Morgan fingerprint density at radius 1 is 1.07 bits per heavy atom. The van der Waals surface area contributed by atoms with E-state index < -0.39 is 23.9 Å². The van der Waals surface area contributed by atoms with Gasteiger partial charge in [0.2, 0.25) is 11.8 Å². The number of carbonyl (C=O) groups excluding carboxylic acids is 3. The van der Waals surface area contributed by atoms with Crippen LogP contribution in [0.3, 0.4) is 0 Å². The molecule has 3 fully saturated rings. The number of hydrogen-bond donors (Lipinski definition) is 1. The molecule has 6 rings (SSSR count). The van der Waals surface area contributed by atoms with Crippen molar-refractivity contribution in [3.8, 4) is 11.1 Å². The van der Waals surface area contributed by atoms with E-state index in [4.69, 9.17) is 0 Å². The van der Waals surface area contributed by atoms with Crippen LogP contribution in [0, 0.1) is 19.3 Å². The number of fused-ring (bicyclic) bond motifs is 2. The summed E-state index contributed by atoms with van der Waals surface area (Å²) in [5.74, 6) is -3.38. The molecule has 11 heteroatoms. The van der Waals surface area contributed by atoms with Gasteiger partial charge in [-0.3, -0.25) is 19.1 Å². The summed E-state index contributed by atoms with van der Waals surface area (Å²) >= 11 is 0. The molecule has 0 spiro atoms. The molecule has 1 unspecified atom stereocenters. The molecule has 1 aliphatic heterocycles. The number of nitrogens with zero attached hydrogens (tertiary/aromatic N) is 5. The largest absolute Gasteiger partial charge is 0.346 e. The third-order valence-corrected chi connectivity index (χ3v) is 9.07. The van der Waals surface area contributed by atoms with Crippen LogP contribution < -0.4 is 5.32 Å². The van der Waals surface area contributed by atoms with Gasteiger partial charge in [0, 0.05) is 42.7 Å². The number of nitrogens with one attached hydrogen (secondary N) is 1. The molecule has 0 radical (unpaired) electrons. The Balaban J connectivity index is 1.29. The van der Waals surface area contributed by atoms with E-state index in [9.17, 15) is 23.2 Å². The molecular formula is C30H34F2N6O3. The predicted molar refractivity (Wildman–Crippen MR) is 147 cm³/mol. The molecule has 0 bridgehead atoms. The van der Waals surface area contributed by atoms with Crippen LogP contribution in [-0.2, 0) is 16.1 Å². The van der Waals surface area contributed by atoms with E-state index in [-0.39, 0.29) is 48.2 Å². The highest BCUT2D eigenvalue weighted by Crippen LogP contribution is 2.59. The summed E-state index contributed by atoms with van der Waals surface area (Å²) in [5, 5.41) is 7.74. The summed E-state index contributed by atoms with van der Waals surface area (Å²) in [5.41, 5.74) is 3.13. The molecule has 216 valence electrons. The normalized spacial score (nSPS) is 26.6. The van der Waals surface area contributed by atoms with Gasteiger partial charge in [-0.15, -0.1) is 0 Å². The van der Waals surface area contributed by atoms with E-state index in [1.165, 1.54) is 11.6 Å². The van der Waals surface area contributed by atoms with E-state index in [0.717, 1.165) is 23.1 Å². The van der Waals surface area contributed by atoms with Crippen LogP contribution in [0.4, 0.5) is 8.78 Å². The molecule has 1 aromatic carbocycles. The molecule has 41 heavy (non-hydrogen) atoms. The molecular weight excluding hydrogens is 530 g/mol. The molecule has 3 heterocycles. The maximum Gasteiger partial charge on any atom is 0.267 e. The van der Waals surface area contributed by atoms with Crippen LogP contribution in [0.15, 0.2) is 24.5 Å². The van der Waals surface area contributed by atoms with Gasteiger partial charge in [-0.25, -0.2) is 18.7 Å². The number of Topliss-reactive ketones (excluding diaryl/α,β-unsaturated/α-hetero) is 1. The number of rotatable bonds is 6. The van der Waals surface area contributed by atoms with Gasteiger partial charge in [-0.1, -0.05) is 13.3 Å². The molecule has 2 amide bonds. The fourth-order valence-electron chi connectivity index (χ4n) is 6.72. The molecule has 9 nitrogen and oxygen atoms in total. The molecule has 2 aromatic heterocycles. The van der Waals surface area contributed by atoms with Crippen molar-refractivity contribution in [3.63, 3.8) is 0 Å². The molecule has 1 saturated heterocycles.